The van der Waals surface area contributed by atoms with E-state index in [1.807, 2.05) is 153 Å². The lowest BCUT2D eigenvalue weighted by Crippen LogP contribution is -2.19. The van der Waals surface area contributed by atoms with Gasteiger partial charge >= 0.3 is 0 Å². The Hall–Kier alpha value is -7.02. The van der Waals surface area contributed by atoms with Crippen molar-refractivity contribution in [1.29, 1.82) is 5.26 Å². The van der Waals surface area contributed by atoms with Gasteiger partial charge in [-0.2, -0.15) is 15.2 Å². The number of thioether (sulfide) groups is 1. The number of nitriles is 1. The monoisotopic (exact) mass is 779 g/mol. The maximum Gasteiger partial charge on any atom is 0.229 e. The lowest BCUT2D eigenvalue weighted by Gasteiger charge is -2.14. The Morgan fingerprint density at radius 2 is 1.25 bits per heavy atom. The van der Waals surface area contributed by atoms with Crippen molar-refractivity contribution in [2.24, 2.45) is 0 Å². The second-order valence-corrected chi connectivity index (χ2v) is 13.6. The van der Waals surface area contributed by atoms with Gasteiger partial charge in [-0.15, -0.1) is 0 Å². The molecular weight excluding hydrogens is 743 g/mol. The molecule has 8 aromatic rings. The molecule has 0 bridgehead atoms. The van der Waals surface area contributed by atoms with Gasteiger partial charge in [0.25, 0.3) is 0 Å². The molecule has 280 valence electrons. The van der Waals surface area contributed by atoms with Crippen LogP contribution in [-0.4, -0.2) is 58.2 Å². The first kappa shape index (κ1) is 38.7. The number of hydrogen-bond acceptors (Lipinski definition) is 13. The number of oxazole rings is 2. The minimum atomic E-state index is 0.446. The summed E-state index contributed by atoms with van der Waals surface area (Å²) in [6.45, 7) is 0. The van der Waals surface area contributed by atoms with Gasteiger partial charge in [0.1, 0.15) is 11.2 Å². The summed E-state index contributed by atoms with van der Waals surface area (Å²) in [4.78, 5) is 26.4. The van der Waals surface area contributed by atoms with Crippen LogP contribution in [-0.2, 0) is 0 Å². The van der Waals surface area contributed by atoms with Crippen molar-refractivity contribution in [2.45, 2.75) is 4.90 Å². The molecule has 0 spiro atoms. The number of aromatic nitrogens is 5. The Kier molecular flexibility index (Phi) is 12.7. The number of benzene rings is 3. The Balaban J connectivity index is 0.000000159. The summed E-state index contributed by atoms with van der Waals surface area (Å²) < 4.78 is 11.3. The molecule has 3 aromatic carbocycles. The molecule has 8 rings (SSSR count). The number of thiocarbonyl (C=S) groups is 1. The highest BCUT2D eigenvalue weighted by molar-refractivity contribution is 8.03. The zero-order chi connectivity index (χ0) is 39.4. The molecule has 5 heterocycles. The van der Waals surface area contributed by atoms with E-state index >= 15 is 0 Å². The van der Waals surface area contributed by atoms with Gasteiger partial charge in [-0.05, 0) is 127 Å². The molecule has 0 aliphatic heterocycles. The first-order valence-corrected chi connectivity index (χ1v) is 18.3. The molecule has 0 amide bonds. The zero-order valence-corrected chi connectivity index (χ0v) is 32.5. The van der Waals surface area contributed by atoms with Crippen LogP contribution in [0.2, 0.25) is 0 Å². The van der Waals surface area contributed by atoms with Gasteiger partial charge in [0.2, 0.25) is 11.8 Å². The van der Waals surface area contributed by atoms with Crippen molar-refractivity contribution >= 4 is 80.1 Å². The zero-order valence-electron chi connectivity index (χ0n) is 30.9. The van der Waals surface area contributed by atoms with Gasteiger partial charge < -0.3 is 35.0 Å². The summed E-state index contributed by atoms with van der Waals surface area (Å²) in [7, 11) is 7.99. The largest absolute Gasteiger partial charge is 0.434 e. The number of hydrogen-bond donors (Lipinski definition) is 3. The van der Waals surface area contributed by atoms with Crippen LogP contribution in [0.3, 0.4) is 0 Å². The number of nitrogens with zero attached hydrogens (tertiary/aromatic N) is 8. The average Bonchev–Trinajstić information content (AvgIpc) is 3.85. The molecule has 0 atom stereocenters. The normalized spacial score (nSPS) is 10.3. The highest BCUT2D eigenvalue weighted by Crippen LogP contribution is 2.26. The summed E-state index contributed by atoms with van der Waals surface area (Å²) in [5, 5.41) is 17.1. The molecule has 0 aliphatic carbocycles. The molecule has 0 fully saturated rings. The molecule has 13 nitrogen and oxygen atoms in total. The Morgan fingerprint density at radius 1 is 0.679 bits per heavy atom. The number of anilines is 5. The SMILES string of the molecule is CN(C)c1ccc(NC(=S)Nc2cc(-c3nc4ncccc4o3)ccn2)cc1.CN(C)c1ccc(SC#N)cc1.Nc1cccc(-c2nc3ncccc3o2)c1. The maximum atomic E-state index is 8.40. The third kappa shape index (κ3) is 10.3. The van der Waals surface area contributed by atoms with Crippen molar-refractivity contribution in [3.8, 4) is 28.3 Å². The van der Waals surface area contributed by atoms with Gasteiger partial charge in [0, 0.05) is 85.6 Å². The molecule has 0 aliphatic rings. The molecule has 0 saturated carbocycles. The molecule has 0 radical (unpaired) electrons. The number of nitrogen functional groups attached to an aromatic ring is 1. The van der Waals surface area contributed by atoms with E-state index in [4.69, 9.17) is 32.0 Å². The Labute approximate surface area is 333 Å². The first-order chi connectivity index (χ1) is 27.1. The van der Waals surface area contributed by atoms with Crippen LogP contribution in [0.15, 0.2) is 142 Å². The lowest BCUT2D eigenvalue weighted by atomic mass is 10.2. The smallest absolute Gasteiger partial charge is 0.229 e. The number of pyridine rings is 3. The van der Waals surface area contributed by atoms with Crippen molar-refractivity contribution in [2.75, 3.05) is 54.4 Å². The van der Waals surface area contributed by atoms with E-state index in [1.165, 1.54) is 11.8 Å². The lowest BCUT2D eigenvalue weighted by molar-refractivity contribution is 0.619. The van der Waals surface area contributed by atoms with Crippen LogP contribution in [0.4, 0.5) is 28.6 Å². The van der Waals surface area contributed by atoms with Crippen LogP contribution < -0.4 is 26.2 Å². The quantitative estimate of drug-likeness (QED) is 0.0605. The molecule has 4 N–H and O–H groups in total. The molecule has 0 unspecified atom stereocenters. The summed E-state index contributed by atoms with van der Waals surface area (Å²) in [5.41, 5.74) is 13.7. The van der Waals surface area contributed by atoms with Gasteiger partial charge in [-0.1, -0.05) is 6.07 Å². The van der Waals surface area contributed by atoms with Gasteiger partial charge in [0.15, 0.2) is 27.6 Å². The number of thiocyanates is 1. The molecule has 5 aromatic heterocycles. The van der Waals surface area contributed by atoms with Gasteiger partial charge in [0.05, 0.1) is 0 Å². The second kappa shape index (κ2) is 18.3. The minimum Gasteiger partial charge on any atom is -0.434 e. The summed E-state index contributed by atoms with van der Waals surface area (Å²) >= 11 is 6.58. The highest BCUT2D eigenvalue weighted by atomic mass is 32.2. The van der Waals surface area contributed by atoms with Crippen molar-refractivity contribution in [3.05, 3.63) is 128 Å². The molecule has 56 heavy (non-hydrogen) atoms. The van der Waals surface area contributed by atoms with Crippen LogP contribution in [0.5, 0.6) is 0 Å². The maximum absolute atomic E-state index is 8.40. The van der Waals surface area contributed by atoms with Crippen LogP contribution in [0.25, 0.3) is 45.4 Å². The van der Waals surface area contributed by atoms with E-state index in [0.717, 1.165) is 33.1 Å². The second-order valence-electron chi connectivity index (χ2n) is 12.3. The highest BCUT2D eigenvalue weighted by Gasteiger charge is 2.11. The first-order valence-electron chi connectivity index (χ1n) is 17.1. The van der Waals surface area contributed by atoms with Crippen LogP contribution in [0, 0.1) is 10.7 Å². The fourth-order valence-corrected chi connectivity index (χ4v) is 5.68. The topological polar surface area (TPSA) is 171 Å². The summed E-state index contributed by atoms with van der Waals surface area (Å²) in [6, 6.07) is 34.2. The predicted molar refractivity (Wildman–Crippen MR) is 230 cm³/mol. The summed E-state index contributed by atoms with van der Waals surface area (Å²) in [6.07, 6.45) is 5.05. The molecule has 15 heteroatoms. The van der Waals surface area contributed by atoms with Crippen molar-refractivity contribution in [1.82, 2.24) is 24.9 Å². The number of fused-ring (bicyclic) bond motifs is 2. The fraction of sp³-hybridized carbons (Fsp3) is 0.0976. The van der Waals surface area contributed by atoms with E-state index in [0.29, 0.717) is 50.9 Å². The van der Waals surface area contributed by atoms with E-state index < -0.39 is 0 Å². The van der Waals surface area contributed by atoms with E-state index in [-0.39, 0.29) is 0 Å². The fourth-order valence-electron chi connectivity index (χ4n) is 5.08. The number of nitrogens with one attached hydrogen (secondary N) is 2. The van der Waals surface area contributed by atoms with Gasteiger partial charge in [-0.25, -0.2) is 15.0 Å². The van der Waals surface area contributed by atoms with Crippen molar-refractivity contribution < 1.29 is 8.83 Å². The van der Waals surface area contributed by atoms with Crippen LogP contribution in [0.1, 0.15) is 0 Å². The van der Waals surface area contributed by atoms with E-state index in [1.54, 1.807) is 18.6 Å². The van der Waals surface area contributed by atoms with Crippen LogP contribution >= 0.6 is 24.0 Å². The third-order valence-corrected chi connectivity index (χ3v) is 8.67. The minimum absolute atomic E-state index is 0.446. The average molecular weight is 780 g/mol. The third-order valence-electron chi connectivity index (χ3n) is 7.87. The number of nitrogens with two attached hydrogens (primary N) is 1. The summed E-state index contributed by atoms with van der Waals surface area (Å²) in [5.74, 6) is 1.62. The molecule has 0 saturated heterocycles. The van der Waals surface area contributed by atoms with Crippen molar-refractivity contribution in [3.63, 3.8) is 0 Å². The molecular formula is C41H37N11O2S2. The number of rotatable bonds is 7. The Bertz CT molecular complexity index is 2520. The predicted octanol–water partition coefficient (Wildman–Crippen LogP) is 8.96. The van der Waals surface area contributed by atoms with Gasteiger partial charge in [-0.3, -0.25) is 0 Å². The Morgan fingerprint density at radius 3 is 1.79 bits per heavy atom. The van der Waals surface area contributed by atoms with E-state index in [9.17, 15) is 0 Å². The standard InChI is InChI=1S/C20H18N6OS.C12H9N3O.C9H10N2S/c1-26(2)15-7-5-14(6-8-15)23-20(28)24-17-12-13(9-11-21-17)19-25-18-16(27-19)4-3-10-22-18;13-9-4-1-3-8(7-9)12-15-11-10(16-12)5-2-6-14-11;1-11(2)8-3-5-9(6-4-8)12-7-10/h3-12H,1-2H3,(H2,21,23,24,28);1-7H,13H2;3-6H,1-2H3. The van der Waals surface area contributed by atoms with E-state index in [2.05, 4.69) is 35.6 Å².